The molecule has 2 amide bonds. The molecule has 2 unspecified atom stereocenters. The van der Waals surface area contributed by atoms with Crippen molar-refractivity contribution in [2.75, 3.05) is 32.3 Å². The summed E-state index contributed by atoms with van der Waals surface area (Å²) in [6.07, 6.45) is -11.1. The van der Waals surface area contributed by atoms with Crippen molar-refractivity contribution in [1.82, 2.24) is 5.32 Å². The van der Waals surface area contributed by atoms with Crippen LogP contribution in [-0.4, -0.2) is 45.7 Å². The quantitative estimate of drug-likeness (QED) is 0.336. The van der Waals surface area contributed by atoms with Crippen molar-refractivity contribution in [2.45, 2.75) is 57.5 Å². The maximum Gasteiger partial charge on any atom is 0.416 e. The topological polar surface area (TPSA) is 86.3 Å². The summed E-state index contributed by atoms with van der Waals surface area (Å²) in [5.41, 5.74) is -2.32. The number of ether oxygens (including phenoxy) is 4. The van der Waals surface area contributed by atoms with Gasteiger partial charge in [0, 0.05) is 24.1 Å². The first-order valence-electron chi connectivity index (χ1n) is 12.6. The Balaban J connectivity index is 1.78. The fraction of sp³-hybridized carbons (Fsp3) is 0.481. The molecule has 1 aliphatic heterocycles. The number of methoxy groups -OCH3 is 2. The second-order valence-corrected chi connectivity index (χ2v) is 9.33. The normalized spacial score (nSPS) is 17.0. The number of carbonyl (C=O) groups is 2. The molecule has 0 aromatic heterocycles. The monoisotopic (exact) mass is 592 g/mol. The fourth-order valence-corrected chi connectivity index (χ4v) is 4.47. The molecule has 0 fully saturated rings. The Morgan fingerprint density at radius 2 is 1.49 bits per heavy atom. The highest BCUT2D eigenvalue weighted by atomic mass is 19.4. The van der Waals surface area contributed by atoms with E-state index in [0.29, 0.717) is 41.3 Å². The fourth-order valence-electron chi connectivity index (χ4n) is 4.47. The van der Waals surface area contributed by atoms with Gasteiger partial charge in [-0.3, -0.25) is 4.90 Å². The zero-order chi connectivity index (χ0) is 30.5. The van der Waals surface area contributed by atoms with Crippen molar-refractivity contribution in [3.8, 4) is 11.5 Å². The average molecular weight is 593 g/mol. The molecular formula is C27H30F6N2O6. The van der Waals surface area contributed by atoms with Crippen LogP contribution in [0.4, 0.5) is 41.6 Å². The van der Waals surface area contributed by atoms with E-state index in [-0.39, 0.29) is 31.1 Å². The van der Waals surface area contributed by atoms with Gasteiger partial charge >= 0.3 is 24.5 Å². The first kappa shape index (κ1) is 31.7. The minimum atomic E-state index is -4.99. The molecule has 0 saturated heterocycles. The Bertz CT molecular complexity index is 1220. The lowest BCUT2D eigenvalue weighted by atomic mass is 9.91. The number of halogens is 6. The Labute approximate surface area is 232 Å². The zero-order valence-electron chi connectivity index (χ0n) is 22.7. The minimum Gasteiger partial charge on any atom is -0.493 e. The van der Waals surface area contributed by atoms with Crippen molar-refractivity contribution in [3.05, 3.63) is 52.6 Å². The first-order valence-corrected chi connectivity index (χ1v) is 12.6. The standard InChI is InChI=1S/C27H30F6N2O6/c1-5-7-41-25(37)35-15(2)9-20(19-13-22(38-3)23(39-4)14-21(19)35)34-24(36)40-8-6-16-10-17(26(28,29)30)12-18(11-16)27(31,32)33/h10-15,20H,5-9H2,1-4H3,(H,34,36). The third-order valence-corrected chi connectivity index (χ3v) is 6.38. The molecule has 0 radical (unpaired) electrons. The molecule has 1 N–H and O–H groups in total. The van der Waals surface area contributed by atoms with Crippen LogP contribution in [0.25, 0.3) is 0 Å². The van der Waals surface area contributed by atoms with E-state index in [2.05, 4.69) is 5.32 Å². The Morgan fingerprint density at radius 3 is 2.02 bits per heavy atom. The van der Waals surface area contributed by atoms with E-state index in [0.717, 1.165) is 0 Å². The summed E-state index contributed by atoms with van der Waals surface area (Å²) in [5, 5.41) is 2.66. The summed E-state index contributed by atoms with van der Waals surface area (Å²) in [7, 11) is 2.84. The van der Waals surface area contributed by atoms with Crippen LogP contribution in [0.2, 0.25) is 0 Å². The molecule has 2 aromatic rings. The largest absolute Gasteiger partial charge is 0.493 e. The van der Waals surface area contributed by atoms with Crippen LogP contribution in [0.1, 0.15) is 55.0 Å². The molecule has 8 nitrogen and oxygen atoms in total. The number of benzene rings is 2. The van der Waals surface area contributed by atoms with Gasteiger partial charge in [0.25, 0.3) is 0 Å². The number of alkyl halides is 6. The zero-order valence-corrected chi connectivity index (χ0v) is 22.7. The van der Waals surface area contributed by atoms with Crippen molar-refractivity contribution in [1.29, 1.82) is 0 Å². The number of amides is 2. The van der Waals surface area contributed by atoms with Crippen molar-refractivity contribution in [3.63, 3.8) is 0 Å². The number of anilines is 1. The van der Waals surface area contributed by atoms with Crippen molar-refractivity contribution in [2.24, 2.45) is 0 Å². The molecule has 2 aromatic carbocycles. The number of alkyl carbamates (subject to hydrolysis) is 1. The highest BCUT2D eigenvalue weighted by Gasteiger charge is 2.38. The van der Waals surface area contributed by atoms with Crippen molar-refractivity contribution >= 4 is 17.9 Å². The second-order valence-electron chi connectivity index (χ2n) is 9.33. The van der Waals surface area contributed by atoms with Crippen molar-refractivity contribution < 1.29 is 54.9 Å². The van der Waals surface area contributed by atoms with E-state index in [4.69, 9.17) is 18.9 Å². The van der Waals surface area contributed by atoms with Crippen LogP contribution in [0.15, 0.2) is 30.3 Å². The van der Waals surface area contributed by atoms with E-state index in [1.807, 2.05) is 6.92 Å². The highest BCUT2D eigenvalue weighted by molar-refractivity contribution is 5.91. The van der Waals surface area contributed by atoms with Gasteiger partial charge in [-0.2, -0.15) is 26.3 Å². The van der Waals surface area contributed by atoms with Crippen LogP contribution in [0, 0.1) is 0 Å². The summed E-state index contributed by atoms with van der Waals surface area (Å²) in [6, 6.07) is 3.23. The van der Waals surface area contributed by atoms with Crippen LogP contribution in [-0.2, 0) is 28.2 Å². The third kappa shape index (κ3) is 7.67. The molecular weight excluding hydrogens is 562 g/mol. The lowest BCUT2D eigenvalue weighted by Crippen LogP contribution is -2.46. The molecule has 3 rings (SSSR count). The molecule has 226 valence electrons. The molecule has 0 saturated carbocycles. The predicted molar refractivity (Wildman–Crippen MR) is 135 cm³/mol. The summed E-state index contributed by atoms with van der Waals surface area (Å²) in [4.78, 5) is 26.9. The Morgan fingerprint density at radius 1 is 0.902 bits per heavy atom. The number of nitrogens with one attached hydrogen (secondary N) is 1. The van der Waals surface area contributed by atoms with Crippen LogP contribution in [0.5, 0.6) is 11.5 Å². The third-order valence-electron chi connectivity index (χ3n) is 6.38. The number of hydrogen-bond acceptors (Lipinski definition) is 6. The molecule has 0 aliphatic carbocycles. The van der Waals surface area contributed by atoms with Gasteiger partial charge in [-0.05, 0) is 49.6 Å². The second kappa shape index (κ2) is 12.8. The van der Waals surface area contributed by atoms with Gasteiger partial charge in [-0.1, -0.05) is 6.92 Å². The number of rotatable bonds is 8. The van der Waals surface area contributed by atoms with Gasteiger partial charge in [0.15, 0.2) is 11.5 Å². The molecule has 0 bridgehead atoms. The van der Waals surface area contributed by atoms with E-state index in [1.165, 1.54) is 19.1 Å². The van der Waals surface area contributed by atoms with Gasteiger partial charge < -0.3 is 24.3 Å². The Hall–Kier alpha value is -3.84. The average Bonchev–Trinajstić information content (AvgIpc) is 2.89. The summed E-state index contributed by atoms with van der Waals surface area (Å²) >= 11 is 0. The van der Waals surface area contributed by atoms with Gasteiger partial charge in [0.05, 0.1) is 50.3 Å². The van der Waals surface area contributed by atoms with Crippen LogP contribution in [0.3, 0.4) is 0 Å². The number of nitrogens with zero attached hydrogens (tertiary/aromatic N) is 1. The van der Waals surface area contributed by atoms with Crippen LogP contribution >= 0.6 is 0 Å². The summed E-state index contributed by atoms with van der Waals surface area (Å²) < 4.78 is 99.9. The molecule has 0 spiro atoms. The maximum atomic E-state index is 13.1. The minimum absolute atomic E-state index is 0.0311. The number of carbonyl (C=O) groups excluding carboxylic acids is 2. The first-order chi connectivity index (χ1) is 19.2. The van der Waals surface area contributed by atoms with E-state index in [1.54, 1.807) is 19.1 Å². The van der Waals surface area contributed by atoms with E-state index in [9.17, 15) is 35.9 Å². The Kier molecular flexibility index (Phi) is 9.87. The molecule has 41 heavy (non-hydrogen) atoms. The number of hydrogen-bond donors (Lipinski definition) is 1. The molecule has 14 heteroatoms. The van der Waals surface area contributed by atoms with Gasteiger partial charge in [0.2, 0.25) is 0 Å². The molecule has 1 heterocycles. The van der Waals surface area contributed by atoms with Crippen LogP contribution < -0.4 is 19.7 Å². The van der Waals surface area contributed by atoms with Gasteiger partial charge in [-0.15, -0.1) is 0 Å². The molecule has 2 atom stereocenters. The van der Waals surface area contributed by atoms with Gasteiger partial charge in [-0.25, -0.2) is 9.59 Å². The predicted octanol–water partition coefficient (Wildman–Crippen LogP) is 6.90. The maximum absolute atomic E-state index is 13.1. The SMILES string of the molecule is CCCOC(=O)N1c2cc(OC)c(OC)cc2C(NC(=O)OCCc2cc(C(F)(F)F)cc(C(F)(F)F)c2)CC1C. The highest BCUT2D eigenvalue weighted by Crippen LogP contribution is 2.44. The molecule has 1 aliphatic rings. The lowest BCUT2D eigenvalue weighted by Gasteiger charge is -2.39. The lowest BCUT2D eigenvalue weighted by molar-refractivity contribution is -0.143. The van der Waals surface area contributed by atoms with E-state index < -0.39 is 54.4 Å². The smallest absolute Gasteiger partial charge is 0.416 e. The summed E-state index contributed by atoms with van der Waals surface area (Å²) in [5.74, 6) is 0.655. The van der Waals surface area contributed by atoms with Gasteiger partial charge in [0.1, 0.15) is 0 Å². The number of fused-ring (bicyclic) bond motifs is 1. The summed E-state index contributed by atoms with van der Waals surface area (Å²) in [6.45, 7) is 3.32. The van der Waals surface area contributed by atoms with E-state index >= 15 is 0 Å².